The van der Waals surface area contributed by atoms with E-state index in [1.807, 2.05) is 22.9 Å². The van der Waals surface area contributed by atoms with Gasteiger partial charge in [-0.3, -0.25) is 4.79 Å². The first kappa shape index (κ1) is 19.7. The number of benzene rings is 1. The predicted molar refractivity (Wildman–Crippen MR) is 102 cm³/mol. The standard InChI is InChI=1S/C19H20N2O6S/c1-13(15-3-4-16-17(7-15)26-12-25-16)20-27-10-19(23)24-9-18(22)21(2)8-14-5-6-28-11-14/h3-7,11H,8-10,12H2,1-2H3/b20-13+. The highest BCUT2D eigenvalue weighted by atomic mass is 32.1. The maximum Gasteiger partial charge on any atom is 0.347 e. The molecule has 8 nitrogen and oxygen atoms in total. The van der Waals surface area contributed by atoms with E-state index in [0.29, 0.717) is 23.8 Å². The molecule has 0 spiro atoms. The molecule has 28 heavy (non-hydrogen) atoms. The van der Waals surface area contributed by atoms with Crippen LogP contribution < -0.4 is 9.47 Å². The maximum absolute atomic E-state index is 12.0. The molecule has 1 aliphatic rings. The minimum atomic E-state index is -0.667. The van der Waals surface area contributed by atoms with Crippen molar-refractivity contribution in [3.63, 3.8) is 0 Å². The molecule has 0 bridgehead atoms. The zero-order valence-electron chi connectivity index (χ0n) is 15.5. The molecule has 0 unspecified atom stereocenters. The number of carbonyl (C=O) groups excluding carboxylic acids is 2. The Bertz CT molecular complexity index is 865. The molecule has 3 rings (SSSR count). The number of rotatable bonds is 8. The van der Waals surface area contributed by atoms with E-state index in [1.165, 1.54) is 4.90 Å². The van der Waals surface area contributed by atoms with Crippen molar-refractivity contribution in [3.8, 4) is 11.5 Å². The first-order chi connectivity index (χ1) is 13.5. The average Bonchev–Trinajstić information content (AvgIpc) is 3.36. The number of oxime groups is 1. The molecule has 1 aromatic heterocycles. The summed E-state index contributed by atoms with van der Waals surface area (Å²) in [6.45, 7) is 1.68. The van der Waals surface area contributed by atoms with Gasteiger partial charge in [0.05, 0.1) is 5.71 Å². The Morgan fingerprint density at radius 3 is 2.82 bits per heavy atom. The van der Waals surface area contributed by atoms with Crippen LogP contribution >= 0.6 is 11.3 Å². The SMILES string of the molecule is C/C(=N\OCC(=O)OCC(=O)N(C)Cc1ccsc1)c1ccc2c(c1)OCO2. The van der Waals surface area contributed by atoms with E-state index in [1.54, 1.807) is 37.4 Å². The lowest BCUT2D eigenvalue weighted by molar-refractivity contribution is -0.155. The highest BCUT2D eigenvalue weighted by Gasteiger charge is 2.15. The second kappa shape index (κ2) is 9.23. The van der Waals surface area contributed by atoms with Crippen molar-refractivity contribution >= 4 is 28.9 Å². The fourth-order valence-corrected chi connectivity index (χ4v) is 3.05. The van der Waals surface area contributed by atoms with Crippen LogP contribution in [0.4, 0.5) is 0 Å². The molecule has 0 atom stereocenters. The number of thiophene rings is 1. The lowest BCUT2D eigenvalue weighted by Crippen LogP contribution is -2.31. The fraction of sp³-hybridized carbons (Fsp3) is 0.316. The van der Waals surface area contributed by atoms with Crippen molar-refractivity contribution in [1.82, 2.24) is 4.90 Å². The van der Waals surface area contributed by atoms with Crippen LogP contribution in [0.5, 0.6) is 11.5 Å². The van der Waals surface area contributed by atoms with Crippen molar-refractivity contribution in [2.24, 2.45) is 5.16 Å². The number of nitrogens with zero attached hydrogens (tertiary/aromatic N) is 2. The van der Waals surface area contributed by atoms with Gasteiger partial charge in [-0.25, -0.2) is 4.79 Å². The van der Waals surface area contributed by atoms with Crippen LogP contribution in [-0.2, 0) is 25.7 Å². The molecule has 9 heteroatoms. The molecule has 0 N–H and O–H groups in total. The molecule has 0 fully saturated rings. The van der Waals surface area contributed by atoms with Gasteiger partial charge >= 0.3 is 5.97 Å². The van der Waals surface area contributed by atoms with Gasteiger partial charge in [-0.05, 0) is 47.5 Å². The molecule has 0 saturated heterocycles. The van der Waals surface area contributed by atoms with E-state index in [-0.39, 0.29) is 25.9 Å². The molecule has 0 saturated carbocycles. The Labute approximate surface area is 166 Å². The lowest BCUT2D eigenvalue weighted by atomic mass is 10.1. The summed E-state index contributed by atoms with van der Waals surface area (Å²) >= 11 is 1.56. The molecule has 1 amide bonds. The van der Waals surface area contributed by atoms with E-state index in [4.69, 9.17) is 19.0 Å². The smallest absolute Gasteiger partial charge is 0.347 e. The minimum Gasteiger partial charge on any atom is -0.454 e. The summed E-state index contributed by atoms with van der Waals surface area (Å²) in [7, 11) is 1.66. The van der Waals surface area contributed by atoms with E-state index < -0.39 is 5.97 Å². The Kier molecular flexibility index (Phi) is 6.49. The normalized spacial score (nSPS) is 12.6. The van der Waals surface area contributed by atoms with E-state index in [0.717, 1.165) is 11.1 Å². The topological polar surface area (TPSA) is 86.7 Å². The maximum atomic E-state index is 12.0. The Morgan fingerprint density at radius 2 is 2.04 bits per heavy atom. The van der Waals surface area contributed by atoms with Gasteiger partial charge in [0.2, 0.25) is 13.4 Å². The van der Waals surface area contributed by atoms with Crippen molar-refractivity contribution in [3.05, 3.63) is 46.2 Å². The predicted octanol–water partition coefficient (Wildman–Crippen LogP) is 2.42. The summed E-state index contributed by atoms with van der Waals surface area (Å²) < 4.78 is 15.5. The third kappa shape index (κ3) is 5.23. The van der Waals surface area contributed by atoms with Gasteiger partial charge in [0.1, 0.15) is 0 Å². The summed E-state index contributed by atoms with van der Waals surface area (Å²) in [5.74, 6) is 0.352. The Balaban J connectivity index is 1.40. The van der Waals surface area contributed by atoms with Crippen LogP contribution in [0.15, 0.2) is 40.2 Å². The molecule has 1 aromatic carbocycles. The zero-order valence-corrected chi connectivity index (χ0v) is 16.4. The number of fused-ring (bicyclic) bond motifs is 1. The van der Waals surface area contributed by atoms with Crippen LogP contribution in [0.2, 0.25) is 0 Å². The molecule has 0 aliphatic carbocycles. The number of carbonyl (C=O) groups is 2. The van der Waals surface area contributed by atoms with Gasteiger partial charge in [0.25, 0.3) is 5.91 Å². The van der Waals surface area contributed by atoms with E-state index in [2.05, 4.69) is 5.16 Å². The highest BCUT2D eigenvalue weighted by Crippen LogP contribution is 2.32. The van der Waals surface area contributed by atoms with Crippen molar-refractivity contribution in [2.45, 2.75) is 13.5 Å². The number of esters is 1. The van der Waals surface area contributed by atoms with Gasteiger partial charge in [-0.15, -0.1) is 0 Å². The third-order valence-corrected chi connectivity index (χ3v) is 4.69. The largest absolute Gasteiger partial charge is 0.454 e. The van der Waals surface area contributed by atoms with Crippen LogP contribution in [-0.4, -0.2) is 49.5 Å². The van der Waals surface area contributed by atoms with Crippen LogP contribution in [0, 0.1) is 0 Å². The molecule has 0 radical (unpaired) electrons. The van der Waals surface area contributed by atoms with E-state index >= 15 is 0 Å². The van der Waals surface area contributed by atoms with Gasteiger partial charge < -0.3 is 23.9 Å². The van der Waals surface area contributed by atoms with Crippen molar-refractivity contribution < 1.29 is 28.6 Å². The first-order valence-electron chi connectivity index (χ1n) is 8.50. The van der Waals surface area contributed by atoms with Crippen molar-refractivity contribution in [2.75, 3.05) is 27.1 Å². The summed E-state index contributed by atoms with van der Waals surface area (Å²) in [5, 5.41) is 7.80. The summed E-state index contributed by atoms with van der Waals surface area (Å²) in [6, 6.07) is 7.32. The molecule has 2 heterocycles. The second-order valence-corrected chi connectivity index (χ2v) is 6.84. The van der Waals surface area contributed by atoms with Crippen LogP contribution in [0.1, 0.15) is 18.1 Å². The van der Waals surface area contributed by atoms with Gasteiger partial charge in [-0.1, -0.05) is 5.16 Å². The quantitative estimate of drug-likeness (QED) is 0.382. The number of likely N-dealkylation sites (N-methyl/N-ethyl adjacent to an activating group) is 1. The fourth-order valence-electron chi connectivity index (χ4n) is 2.39. The molecule has 148 valence electrons. The Morgan fingerprint density at radius 1 is 1.21 bits per heavy atom. The minimum absolute atomic E-state index is 0.193. The number of hydrogen-bond acceptors (Lipinski definition) is 8. The third-order valence-electron chi connectivity index (χ3n) is 3.96. The first-order valence-corrected chi connectivity index (χ1v) is 9.44. The Hall–Kier alpha value is -3.07. The molecular weight excluding hydrogens is 384 g/mol. The average molecular weight is 404 g/mol. The number of amides is 1. The van der Waals surface area contributed by atoms with Gasteiger partial charge in [0.15, 0.2) is 18.1 Å². The van der Waals surface area contributed by atoms with Gasteiger partial charge in [-0.2, -0.15) is 11.3 Å². The molecule has 2 aromatic rings. The van der Waals surface area contributed by atoms with Crippen LogP contribution in [0.3, 0.4) is 0 Å². The van der Waals surface area contributed by atoms with Crippen molar-refractivity contribution in [1.29, 1.82) is 0 Å². The second-order valence-electron chi connectivity index (χ2n) is 6.06. The van der Waals surface area contributed by atoms with Gasteiger partial charge in [0, 0.05) is 19.2 Å². The summed E-state index contributed by atoms with van der Waals surface area (Å²) in [4.78, 5) is 30.3. The summed E-state index contributed by atoms with van der Waals surface area (Å²) in [5.41, 5.74) is 2.38. The monoisotopic (exact) mass is 404 g/mol. The van der Waals surface area contributed by atoms with Crippen LogP contribution in [0.25, 0.3) is 0 Å². The van der Waals surface area contributed by atoms with E-state index in [9.17, 15) is 9.59 Å². The number of hydrogen-bond donors (Lipinski definition) is 0. The lowest BCUT2D eigenvalue weighted by Gasteiger charge is -2.16. The molecule has 1 aliphatic heterocycles. The number of ether oxygens (including phenoxy) is 3. The highest BCUT2D eigenvalue weighted by molar-refractivity contribution is 7.07. The molecular formula is C19H20N2O6S. The summed E-state index contributed by atoms with van der Waals surface area (Å²) in [6.07, 6.45) is 0. The zero-order chi connectivity index (χ0) is 19.9.